The van der Waals surface area contributed by atoms with Gasteiger partial charge < -0.3 is 136 Å². The van der Waals surface area contributed by atoms with E-state index in [1.807, 2.05) is 0 Å². The van der Waals surface area contributed by atoms with Gasteiger partial charge >= 0.3 is 46.8 Å². The molecule has 0 aliphatic heterocycles. The number of hydrogen-bond acceptors (Lipinski definition) is 34. The van der Waals surface area contributed by atoms with E-state index in [2.05, 4.69) is 0 Å². The average molecular weight is 1620 g/mol. The van der Waals surface area contributed by atoms with Gasteiger partial charge in [-0.15, -0.1) is 0 Å². The molecule has 66 heteroatoms. The van der Waals surface area contributed by atoms with E-state index >= 15 is 0 Å². The highest BCUT2D eigenvalue weighted by molar-refractivity contribution is 8.23. The van der Waals surface area contributed by atoms with Crippen LogP contribution >= 0.6 is 0 Å². The predicted octanol–water partition coefficient (Wildman–Crippen LogP) is -30.3. The van der Waals surface area contributed by atoms with Crippen LogP contribution in [0, 0.1) is 0 Å². The van der Waals surface area contributed by atoms with Crippen molar-refractivity contribution in [2.24, 2.45) is 0 Å². The lowest BCUT2D eigenvalue weighted by Gasteiger charge is -2.70. The second-order valence-electron chi connectivity index (χ2n) is 17.5. The fourth-order valence-corrected chi connectivity index (χ4v) is 611. The van der Waals surface area contributed by atoms with Gasteiger partial charge in [0.2, 0.25) is 55.3 Å². The van der Waals surface area contributed by atoms with Crippen LogP contribution in [0.2, 0.25) is 32.7 Å². The standard InChI is InChI=1S/C8H82O34Si32/c1-28-32-64(43,30-3)67(34-45-11,62(27)29-2)42-68(39-63(6,7)8,73(69(53-19,54-20)35-46-12,70(55-21,56-22)36-47-13)40-65(50-16,51-17)33-44-10)74(71(57-23,58-24)37-48-14,72(59-25,60-26)38-49-15)41-66(31-9,52-18)61(4)5/h9-27,61-62H,44-60H2,1-8,43H3. The normalized spacial score (nSPS) is 25.1. The van der Waals surface area contributed by atoms with E-state index in [1.54, 1.807) is 13.1 Å². The van der Waals surface area contributed by atoms with Crippen molar-refractivity contribution in [3.8, 4) is 0 Å². The number of rotatable bonds is 45. The Bertz CT molecular complexity index is 1500. The first-order chi connectivity index (χ1) is 34.7. The lowest BCUT2D eigenvalue weighted by molar-refractivity contribution is -0.198. The molecule has 446 valence electrons. The molecular weight excluding hydrogens is 1540 g/mol. The zero-order chi connectivity index (χ0) is 57.8. The van der Waals surface area contributed by atoms with Crippen LogP contribution in [0.3, 0.4) is 0 Å². The van der Waals surface area contributed by atoms with E-state index in [-0.39, 0.29) is 0 Å². The summed E-state index contributed by atoms with van der Waals surface area (Å²) in [4.78, 5) is 223. The summed E-state index contributed by atoms with van der Waals surface area (Å²) in [6, 6.07) is 0. The van der Waals surface area contributed by atoms with Gasteiger partial charge in [0.1, 0.15) is 0 Å². The van der Waals surface area contributed by atoms with Crippen molar-refractivity contribution in [1.82, 2.24) is 0 Å². The molecule has 0 fully saturated rings. The highest BCUT2D eigenvalue weighted by Crippen LogP contribution is 2.53. The lowest BCUT2D eigenvalue weighted by Crippen LogP contribution is -3.13. The van der Waals surface area contributed by atoms with Crippen LogP contribution in [0.5, 0.6) is 0 Å². The molecule has 0 rings (SSSR count). The van der Waals surface area contributed by atoms with E-state index in [4.69, 9.17) is 64.0 Å². The Hall–Kier alpha value is 5.58. The fourth-order valence-electron chi connectivity index (χ4n) is 8.71. The van der Waals surface area contributed by atoms with E-state index in [1.165, 1.54) is 19.6 Å². The molecule has 0 aliphatic carbocycles. The molecule has 0 aromatic carbocycles. The second kappa shape index (κ2) is 35.4. The van der Waals surface area contributed by atoms with Crippen molar-refractivity contribution in [2.45, 2.75) is 32.7 Å². The van der Waals surface area contributed by atoms with Crippen molar-refractivity contribution in [1.29, 1.82) is 0 Å². The SMILES string of the molecule is COO[Si]([SiH3])(OC)[Si](O[SiH2]O)(O[Si](O[Si](C)(C)C)([Si](O[Si](O[SiH2]O)([SiH2]O)[SiH2]O)([Si](O[SiH2]O)([SiH2]O)[SiH2]O)[Si](O[SiH2]O)([SiH2]O)[SiH2]O)[Si](O[Si](OO)([SiH2]O)[SiH](C)C)([Si](O[SiH2]O)([SiH2]O)[SiH2]O)[Si](O[SiH2]O)([SiH2]O)[SiH2]O)[SiH](O)OC. The Kier molecular flexibility index (Phi) is 38.1. The molecule has 0 aromatic heterocycles. The van der Waals surface area contributed by atoms with Gasteiger partial charge in [0.25, 0.3) is 73.8 Å². The monoisotopic (exact) mass is 1620 g/mol. The molecule has 0 amide bonds. The Morgan fingerprint density at radius 1 is 0.446 bits per heavy atom. The summed E-state index contributed by atoms with van der Waals surface area (Å²) in [6.45, 7) is -27.3. The van der Waals surface area contributed by atoms with E-state index < -0.39 is 277 Å². The molecule has 0 saturated heterocycles. The topological polar surface area (TPSA) is 523 Å². The molecule has 0 aromatic rings. The molecule has 0 spiro atoms. The maximum absolute atomic E-state index is 13.0. The predicted molar refractivity (Wildman–Crippen MR) is 344 cm³/mol. The Labute approximate surface area is 481 Å². The van der Waals surface area contributed by atoms with Gasteiger partial charge in [0, 0.05) is 14.2 Å². The minimum atomic E-state index is -6.86. The summed E-state index contributed by atoms with van der Waals surface area (Å²) in [6.07, 6.45) is 0. The van der Waals surface area contributed by atoms with Gasteiger partial charge in [-0.25, -0.2) is 4.89 Å². The highest BCUT2D eigenvalue weighted by Gasteiger charge is 2.99. The minimum absolute atomic E-state index is 0.447. The molecule has 0 aliphatic rings. The smallest absolute Gasteiger partial charge is 0.406 e. The Balaban J connectivity index is 13.0. The molecule has 5 unspecified atom stereocenters. The van der Waals surface area contributed by atoms with Crippen LogP contribution in [0.1, 0.15) is 0 Å². The van der Waals surface area contributed by atoms with Crippen molar-refractivity contribution < 1.29 is 156 Å². The third kappa shape index (κ3) is 15.1. The van der Waals surface area contributed by atoms with Crippen LogP contribution in [0.25, 0.3) is 0 Å². The van der Waals surface area contributed by atoms with Crippen LogP contribution in [-0.2, 0) is 64.0 Å². The fraction of sp³-hybridized carbons (Fsp3) is 1.00. The molecule has 34 nitrogen and oxygen atoms in total. The summed E-state index contributed by atoms with van der Waals surface area (Å²) in [5, 5.41) is 11.5. The van der Waals surface area contributed by atoms with Gasteiger partial charge in [-0.05, 0) is 19.6 Å². The summed E-state index contributed by atoms with van der Waals surface area (Å²) < 4.78 is 94.1. The van der Waals surface area contributed by atoms with Gasteiger partial charge in [-0.2, -0.15) is 0 Å². The van der Waals surface area contributed by atoms with Gasteiger partial charge in [0.15, 0.2) is 82.6 Å². The maximum Gasteiger partial charge on any atom is 0.406 e. The van der Waals surface area contributed by atoms with Crippen LogP contribution in [0.4, 0.5) is 0 Å². The third-order valence-corrected chi connectivity index (χ3v) is 358. The summed E-state index contributed by atoms with van der Waals surface area (Å²) >= 11 is 0. The molecular formula is C8H82O34Si32. The first kappa shape index (κ1) is 79.6. The van der Waals surface area contributed by atoms with E-state index in [0.717, 1.165) is 21.3 Å². The van der Waals surface area contributed by atoms with Crippen LogP contribution in [0.15, 0.2) is 0 Å². The lowest BCUT2D eigenvalue weighted by atomic mass is 11.8. The van der Waals surface area contributed by atoms with Gasteiger partial charge in [0.05, 0.1) is 25.2 Å². The second-order valence-corrected chi connectivity index (χ2v) is 203. The van der Waals surface area contributed by atoms with Crippen molar-refractivity contribution in [2.75, 3.05) is 21.3 Å². The molecule has 19 N–H and O–H groups in total. The minimum Gasteiger partial charge on any atom is -0.441 e. The first-order valence-electron chi connectivity index (χ1n) is 22.0. The Morgan fingerprint density at radius 2 is 0.797 bits per heavy atom. The summed E-state index contributed by atoms with van der Waals surface area (Å²) in [5.41, 5.74) is 0. The highest BCUT2D eigenvalue weighted by atomic mass is 30.5. The average Bonchev–Trinajstić information content (AvgIpc) is 3.39. The quantitative estimate of drug-likeness (QED) is 0.0153. The molecule has 74 heavy (non-hydrogen) atoms. The molecule has 0 bridgehead atoms. The molecule has 0 saturated carbocycles. The first-order valence-corrected chi connectivity index (χ1v) is 103. The van der Waals surface area contributed by atoms with Crippen molar-refractivity contribution in [3.05, 3.63) is 0 Å². The molecule has 0 radical (unpaired) electrons. The van der Waals surface area contributed by atoms with Crippen LogP contribution < -0.4 is 0 Å². The Morgan fingerprint density at radius 3 is 1.03 bits per heavy atom. The zero-order valence-corrected chi connectivity index (χ0v) is 83.1. The number of hydrogen-bond donors (Lipinski definition) is 19. The summed E-state index contributed by atoms with van der Waals surface area (Å²) in [5.74, 6) is 0. The molecule has 5 atom stereocenters. The van der Waals surface area contributed by atoms with Gasteiger partial charge in [-0.3, -0.25) is 14.4 Å². The molecule has 0 heterocycles. The summed E-state index contributed by atoms with van der Waals surface area (Å²) in [7, 11) is -91.6. The van der Waals surface area contributed by atoms with Gasteiger partial charge in [-0.1, -0.05) is 13.1 Å². The van der Waals surface area contributed by atoms with Crippen molar-refractivity contribution in [3.63, 3.8) is 0 Å². The maximum atomic E-state index is 13.0. The van der Waals surface area contributed by atoms with Crippen molar-refractivity contribution >= 4 is 277 Å². The van der Waals surface area contributed by atoms with E-state index in [9.17, 15) is 91.6 Å². The zero-order valence-electron chi connectivity index (χ0n) is 42.8. The third-order valence-electron chi connectivity index (χ3n) is 12.5. The largest absolute Gasteiger partial charge is 0.441 e. The van der Waals surface area contributed by atoms with E-state index in [0.29, 0.717) is 0 Å². The van der Waals surface area contributed by atoms with Crippen LogP contribution in [-0.4, -0.2) is 389 Å².